The van der Waals surface area contributed by atoms with E-state index in [2.05, 4.69) is 19.9 Å². The minimum Gasteiger partial charge on any atom is -0.423 e. The van der Waals surface area contributed by atoms with Gasteiger partial charge in [-0.2, -0.15) is 4.98 Å². The number of aryl methyl sites for hydroxylation is 1. The molecule has 1 N–H and O–H groups in total. The highest BCUT2D eigenvalue weighted by Crippen LogP contribution is 2.29. The largest absolute Gasteiger partial charge is 0.423 e. The first-order valence-corrected chi connectivity index (χ1v) is 10.1. The van der Waals surface area contributed by atoms with E-state index in [1.807, 2.05) is 17.9 Å². The van der Waals surface area contributed by atoms with Crippen molar-refractivity contribution in [2.45, 2.75) is 32.7 Å². The van der Waals surface area contributed by atoms with Gasteiger partial charge in [0, 0.05) is 31.1 Å². The van der Waals surface area contributed by atoms with E-state index in [9.17, 15) is 4.79 Å². The van der Waals surface area contributed by atoms with Gasteiger partial charge < -0.3 is 19.2 Å². The Balaban J connectivity index is 1.31. The summed E-state index contributed by atoms with van der Waals surface area (Å²) in [6, 6.07) is 6.00. The van der Waals surface area contributed by atoms with Crippen LogP contribution in [0.1, 0.15) is 30.1 Å². The third-order valence-electron chi connectivity index (χ3n) is 5.64. The van der Waals surface area contributed by atoms with Crippen LogP contribution in [-0.4, -0.2) is 45.4 Å². The summed E-state index contributed by atoms with van der Waals surface area (Å²) in [5.41, 5.74) is 3.62. The number of aromatic amines is 1. The Hall–Kier alpha value is -2.54. The number of piperidine rings is 1. The monoisotopic (exact) mass is 399 g/mol. The van der Waals surface area contributed by atoms with Crippen LogP contribution in [0.3, 0.4) is 0 Å². The Morgan fingerprint density at radius 2 is 2.21 bits per heavy atom. The minimum absolute atomic E-state index is 0.0436. The maximum Gasteiger partial charge on any atom is 0.298 e. The summed E-state index contributed by atoms with van der Waals surface area (Å²) in [6.07, 6.45) is 2.65. The van der Waals surface area contributed by atoms with Gasteiger partial charge >= 0.3 is 0 Å². The van der Waals surface area contributed by atoms with Gasteiger partial charge in [0.15, 0.2) is 5.58 Å². The van der Waals surface area contributed by atoms with Gasteiger partial charge in [0.1, 0.15) is 11.3 Å². The van der Waals surface area contributed by atoms with E-state index in [1.165, 1.54) is 0 Å². The Morgan fingerprint density at radius 3 is 3.11 bits per heavy atom. The van der Waals surface area contributed by atoms with E-state index in [0.29, 0.717) is 29.7 Å². The molecule has 1 aromatic carbocycles. The lowest BCUT2D eigenvalue weighted by Crippen LogP contribution is -2.46. The number of nitrogens with one attached hydrogen (secondary N) is 1. The van der Waals surface area contributed by atoms with E-state index in [0.717, 1.165) is 55.1 Å². The van der Waals surface area contributed by atoms with Crippen LogP contribution in [0.25, 0.3) is 11.1 Å². The SMILES string of the molecule is Cc1nc2c([nH]1)CN(C(=O)C1CCCN(c3nc4cc(Cl)ccc4o3)C1)CC2. The number of carbonyl (C=O) groups is 1. The van der Waals surface area contributed by atoms with Crippen LogP contribution < -0.4 is 4.90 Å². The fraction of sp³-hybridized carbons (Fsp3) is 0.450. The van der Waals surface area contributed by atoms with Crippen molar-refractivity contribution >= 4 is 34.6 Å². The number of imidazole rings is 1. The van der Waals surface area contributed by atoms with Crippen LogP contribution in [0.15, 0.2) is 22.6 Å². The highest BCUT2D eigenvalue weighted by molar-refractivity contribution is 6.31. The van der Waals surface area contributed by atoms with E-state index >= 15 is 0 Å². The van der Waals surface area contributed by atoms with E-state index in [-0.39, 0.29) is 11.8 Å². The van der Waals surface area contributed by atoms with Crippen LogP contribution in [-0.2, 0) is 17.8 Å². The summed E-state index contributed by atoms with van der Waals surface area (Å²) in [5, 5.41) is 0.637. The Morgan fingerprint density at radius 1 is 1.32 bits per heavy atom. The molecule has 2 aliphatic rings. The fourth-order valence-corrected chi connectivity index (χ4v) is 4.43. The smallest absolute Gasteiger partial charge is 0.298 e. The molecule has 4 heterocycles. The maximum absolute atomic E-state index is 13.2. The van der Waals surface area contributed by atoms with Crippen LogP contribution in [0, 0.1) is 12.8 Å². The molecule has 8 heteroatoms. The number of halogens is 1. The van der Waals surface area contributed by atoms with E-state index in [1.54, 1.807) is 12.1 Å². The van der Waals surface area contributed by atoms with Crippen molar-refractivity contribution < 1.29 is 9.21 Å². The summed E-state index contributed by atoms with van der Waals surface area (Å²) < 4.78 is 5.90. The number of rotatable bonds is 2. The molecule has 5 rings (SSSR count). The summed E-state index contributed by atoms with van der Waals surface area (Å²) in [5.74, 6) is 1.08. The normalized spacial score (nSPS) is 19.9. The molecule has 0 saturated carbocycles. The second-order valence-corrected chi connectivity index (χ2v) is 8.09. The number of aromatic nitrogens is 3. The van der Waals surface area contributed by atoms with Gasteiger partial charge in [-0.15, -0.1) is 0 Å². The highest BCUT2D eigenvalue weighted by atomic mass is 35.5. The second-order valence-electron chi connectivity index (χ2n) is 7.65. The molecule has 0 spiro atoms. The molecular formula is C20H22ClN5O2. The molecule has 1 unspecified atom stereocenters. The summed E-state index contributed by atoms with van der Waals surface area (Å²) in [4.78, 5) is 29.6. The second kappa shape index (κ2) is 6.81. The topological polar surface area (TPSA) is 78.3 Å². The van der Waals surface area contributed by atoms with Gasteiger partial charge in [0.25, 0.3) is 6.01 Å². The van der Waals surface area contributed by atoms with Crippen LogP contribution >= 0.6 is 11.6 Å². The third kappa shape index (κ3) is 3.13. The van der Waals surface area contributed by atoms with Gasteiger partial charge in [0.05, 0.1) is 23.9 Å². The first kappa shape index (κ1) is 17.6. The quantitative estimate of drug-likeness (QED) is 0.715. The van der Waals surface area contributed by atoms with Crippen molar-refractivity contribution in [3.05, 3.63) is 40.4 Å². The van der Waals surface area contributed by atoms with Crippen LogP contribution in [0.5, 0.6) is 0 Å². The third-order valence-corrected chi connectivity index (χ3v) is 5.88. The molecule has 1 fully saturated rings. The standard InChI is InChI=1S/C20H22ClN5O2/c1-12-22-15-6-8-25(11-17(15)23-12)19(27)13-3-2-7-26(10-13)20-24-16-9-14(21)4-5-18(16)28-20/h4-5,9,13H,2-3,6-8,10-11H2,1H3,(H,22,23). The van der Waals surface area contributed by atoms with Gasteiger partial charge in [-0.05, 0) is 38.0 Å². The molecule has 2 aliphatic heterocycles. The number of anilines is 1. The minimum atomic E-state index is -0.0436. The fourth-order valence-electron chi connectivity index (χ4n) is 4.26. The van der Waals surface area contributed by atoms with E-state index < -0.39 is 0 Å². The Kier molecular flexibility index (Phi) is 4.27. The average molecular weight is 400 g/mol. The zero-order valence-electron chi connectivity index (χ0n) is 15.7. The molecule has 1 amide bonds. The number of amides is 1. The number of H-pyrrole nitrogens is 1. The first-order chi connectivity index (χ1) is 13.6. The predicted molar refractivity (Wildman–Crippen MR) is 106 cm³/mol. The number of carbonyl (C=O) groups excluding carboxylic acids is 1. The summed E-state index contributed by atoms with van der Waals surface area (Å²) >= 11 is 6.05. The number of nitrogens with zero attached hydrogens (tertiary/aromatic N) is 4. The molecule has 3 aromatic rings. The maximum atomic E-state index is 13.2. The van der Waals surface area contributed by atoms with Gasteiger partial charge in [0.2, 0.25) is 5.91 Å². The molecule has 2 aromatic heterocycles. The van der Waals surface area contributed by atoms with Crippen molar-refractivity contribution in [3.63, 3.8) is 0 Å². The van der Waals surface area contributed by atoms with Crippen molar-refractivity contribution in [2.75, 3.05) is 24.5 Å². The van der Waals surface area contributed by atoms with Crippen molar-refractivity contribution in [3.8, 4) is 0 Å². The van der Waals surface area contributed by atoms with Crippen molar-refractivity contribution in [1.29, 1.82) is 0 Å². The lowest BCUT2D eigenvalue weighted by Gasteiger charge is -2.35. The molecule has 0 radical (unpaired) electrons. The lowest BCUT2D eigenvalue weighted by atomic mass is 9.96. The number of oxazole rings is 1. The summed E-state index contributed by atoms with van der Waals surface area (Å²) in [6.45, 7) is 4.77. The number of hydrogen-bond donors (Lipinski definition) is 1. The molecule has 1 atom stereocenters. The zero-order valence-corrected chi connectivity index (χ0v) is 16.5. The molecular weight excluding hydrogens is 378 g/mol. The molecule has 28 heavy (non-hydrogen) atoms. The molecule has 146 valence electrons. The first-order valence-electron chi connectivity index (χ1n) is 9.71. The number of benzene rings is 1. The molecule has 0 aliphatic carbocycles. The van der Waals surface area contributed by atoms with Crippen molar-refractivity contribution in [2.24, 2.45) is 5.92 Å². The van der Waals surface area contributed by atoms with Gasteiger partial charge in [-0.1, -0.05) is 11.6 Å². The van der Waals surface area contributed by atoms with Crippen LogP contribution in [0.2, 0.25) is 5.02 Å². The van der Waals surface area contributed by atoms with Gasteiger partial charge in [-0.25, -0.2) is 4.98 Å². The summed E-state index contributed by atoms with van der Waals surface area (Å²) in [7, 11) is 0. The predicted octanol–water partition coefficient (Wildman–Crippen LogP) is 3.31. The average Bonchev–Trinajstić information content (AvgIpc) is 3.28. The molecule has 1 saturated heterocycles. The lowest BCUT2D eigenvalue weighted by molar-refractivity contribution is -0.136. The molecule has 0 bridgehead atoms. The number of fused-ring (bicyclic) bond motifs is 2. The van der Waals surface area contributed by atoms with Crippen molar-refractivity contribution in [1.82, 2.24) is 19.9 Å². The molecule has 7 nitrogen and oxygen atoms in total. The van der Waals surface area contributed by atoms with Gasteiger partial charge in [-0.3, -0.25) is 4.79 Å². The van der Waals surface area contributed by atoms with E-state index in [4.69, 9.17) is 16.0 Å². The Bertz CT molecular complexity index is 1040. The zero-order chi connectivity index (χ0) is 19.3. The highest BCUT2D eigenvalue weighted by Gasteiger charge is 2.33. The van der Waals surface area contributed by atoms with Crippen LogP contribution in [0.4, 0.5) is 6.01 Å². The number of hydrogen-bond acceptors (Lipinski definition) is 5. The Labute approximate surface area is 167 Å².